The van der Waals surface area contributed by atoms with Crippen LogP contribution in [0.15, 0.2) is 48.7 Å². The molecule has 3 aromatic rings. The molecule has 1 aliphatic rings. The van der Waals surface area contributed by atoms with E-state index in [0.29, 0.717) is 44.6 Å². The number of halogens is 6. The number of carbonyl (C=O) groups is 2. The van der Waals surface area contributed by atoms with Gasteiger partial charge in [-0.2, -0.15) is 26.3 Å². The number of aromatic amines is 1. The van der Waals surface area contributed by atoms with Gasteiger partial charge in [0.25, 0.3) is 5.91 Å². The van der Waals surface area contributed by atoms with Gasteiger partial charge in [-0.1, -0.05) is 18.2 Å². The van der Waals surface area contributed by atoms with Gasteiger partial charge in [-0.25, -0.2) is 0 Å². The van der Waals surface area contributed by atoms with Crippen LogP contribution in [0, 0.1) is 0 Å². The number of para-hydroxylation sites is 1. The molecule has 0 bridgehead atoms. The molecule has 0 saturated carbocycles. The summed E-state index contributed by atoms with van der Waals surface area (Å²) in [6, 6.07) is 7.91. The summed E-state index contributed by atoms with van der Waals surface area (Å²) in [4.78, 5) is 31.5. The molecule has 0 spiro atoms. The molecule has 6 nitrogen and oxygen atoms in total. The van der Waals surface area contributed by atoms with Crippen LogP contribution >= 0.6 is 0 Å². The zero-order valence-corrected chi connectivity index (χ0v) is 21.0. The number of carbonyl (C=O) groups excluding carboxylic acids is 2. The van der Waals surface area contributed by atoms with E-state index in [4.69, 9.17) is 0 Å². The SMILES string of the molecule is COC(=O)CCCN1CCN(C(=O)c2cc(C(F)(F)F)cc(C(F)(F)F)c2)C(Cc2c[nH]c3ccccc23)C1. The Hall–Kier alpha value is -3.54. The maximum atomic E-state index is 13.5. The van der Waals surface area contributed by atoms with Crippen molar-refractivity contribution in [3.05, 3.63) is 70.9 Å². The first-order chi connectivity index (χ1) is 18.4. The summed E-state index contributed by atoms with van der Waals surface area (Å²) in [5.74, 6) is -1.25. The first-order valence-corrected chi connectivity index (χ1v) is 12.3. The van der Waals surface area contributed by atoms with E-state index in [1.165, 1.54) is 12.0 Å². The van der Waals surface area contributed by atoms with E-state index < -0.39 is 41.0 Å². The second-order valence-corrected chi connectivity index (χ2v) is 9.49. The lowest BCUT2D eigenvalue weighted by molar-refractivity contribution is -0.143. The van der Waals surface area contributed by atoms with E-state index in [1.54, 1.807) is 6.20 Å². The van der Waals surface area contributed by atoms with Crippen molar-refractivity contribution in [1.82, 2.24) is 14.8 Å². The minimum atomic E-state index is -5.06. The normalized spacial score (nSPS) is 17.0. The highest BCUT2D eigenvalue weighted by molar-refractivity contribution is 5.95. The molecular weight excluding hydrogens is 528 g/mol. The first kappa shape index (κ1) is 28.5. The van der Waals surface area contributed by atoms with Crippen LogP contribution in [0.25, 0.3) is 10.9 Å². The molecule has 1 aliphatic heterocycles. The van der Waals surface area contributed by atoms with Crippen LogP contribution in [0.3, 0.4) is 0 Å². The summed E-state index contributed by atoms with van der Waals surface area (Å²) >= 11 is 0. The van der Waals surface area contributed by atoms with Crippen LogP contribution in [0.4, 0.5) is 26.3 Å². The van der Waals surface area contributed by atoms with Crippen molar-refractivity contribution >= 4 is 22.8 Å². The maximum Gasteiger partial charge on any atom is 0.416 e. The van der Waals surface area contributed by atoms with E-state index in [2.05, 4.69) is 9.72 Å². The number of ether oxygens (including phenoxy) is 1. The van der Waals surface area contributed by atoms with Crippen molar-refractivity contribution in [3.63, 3.8) is 0 Å². The molecular formula is C27H27F6N3O3. The molecule has 1 N–H and O–H groups in total. The Morgan fingerprint density at radius 1 is 1.00 bits per heavy atom. The Bertz CT molecular complexity index is 1300. The molecule has 1 saturated heterocycles. The van der Waals surface area contributed by atoms with Crippen molar-refractivity contribution in [2.75, 3.05) is 33.3 Å². The third-order valence-corrected chi connectivity index (χ3v) is 6.88. The fourth-order valence-electron chi connectivity index (χ4n) is 4.91. The van der Waals surface area contributed by atoms with Gasteiger partial charge in [-0.05, 0) is 49.2 Å². The lowest BCUT2D eigenvalue weighted by atomic mass is 9.98. The van der Waals surface area contributed by atoms with Crippen LogP contribution in [0.2, 0.25) is 0 Å². The highest BCUT2D eigenvalue weighted by Gasteiger charge is 2.39. The predicted molar refractivity (Wildman–Crippen MR) is 131 cm³/mol. The van der Waals surface area contributed by atoms with Gasteiger partial charge in [-0.3, -0.25) is 14.5 Å². The summed E-state index contributed by atoms with van der Waals surface area (Å²) in [6.07, 6.45) is -7.30. The third-order valence-electron chi connectivity index (χ3n) is 6.88. The number of benzene rings is 2. The fraction of sp³-hybridized carbons (Fsp3) is 0.407. The molecule has 1 atom stereocenters. The van der Waals surface area contributed by atoms with Crippen molar-refractivity contribution in [2.45, 2.75) is 37.7 Å². The number of amides is 1. The monoisotopic (exact) mass is 555 g/mol. The highest BCUT2D eigenvalue weighted by Crippen LogP contribution is 2.37. The summed E-state index contributed by atoms with van der Waals surface area (Å²) in [6.45, 7) is 1.30. The lowest BCUT2D eigenvalue weighted by Crippen LogP contribution is -2.56. The Labute approximate surface area is 220 Å². The summed E-state index contributed by atoms with van der Waals surface area (Å²) in [5, 5.41) is 0.908. The second-order valence-electron chi connectivity index (χ2n) is 9.49. The summed E-state index contributed by atoms with van der Waals surface area (Å²) in [7, 11) is 1.29. The van der Waals surface area contributed by atoms with Crippen LogP contribution < -0.4 is 0 Å². The molecule has 12 heteroatoms. The minimum absolute atomic E-state index is 0.0133. The third kappa shape index (κ3) is 6.73. The highest BCUT2D eigenvalue weighted by atomic mass is 19.4. The molecule has 0 aliphatic carbocycles. The Morgan fingerprint density at radius 2 is 1.67 bits per heavy atom. The average molecular weight is 556 g/mol. The smallest absolute Gasteiger partial charge is 0.416 e. The minimum Gasteiger partial charge on any atom is -0.469 e. The zero-order chi connectivity index (χ0) is 28.4. The maximum absolute atomic E-state index is 13.5. The number of methoxy groups -OCH3 is 1. The standard InChI is InChI=1S/C27H27F6N3O3/c1-39-24(37)7-4-8-35-9-10-36(21(16-35)13-18-15-34-23-6-3-2-5-22(18)23)25(38)17-11-19(26(28,29)30)14-20(12-17)27(31,32)33/h2-3,5-6,11-12,14-15,21,34H,4,7-10,13,16H2,1H3. The second kappa shape index (κ2) is 11.3. The molecule has 0 radical (unpaired) electrons. The Morgan fingerprint density at radius 3 is 2.31 bits per heavy atom. The molecule has 2 aromatic carbocycles. The summed E-state index contributed by atoms with van der Waals surface area (Å²) in [5.41, 5.74) is -2.00. The Balaban J connectivity index is 1.64. The zero-order valence-electron chi connectivity index (χ0n) is 21.0. The molecule has 1 fully saturated rings. The number of esters is 1. The number of alkyl halides is 6. The van der Waals surface area contributed by atoms with Gasteiger partial charge in [0, 0.05) is 54.8 Å². The number of aromatic nitrogens is 1. The number of hydrogen-bond donors (Lipinski definition) is 1. The fourth-order valence-corrected chi connectivity index (χ4v) is 4.91. The van der Waals surface area contributed by atoms with Crippen LogP contribution in [0.5, 0.6) is 0 Å². The van der Waals surface area contributed by atoms with Gasteiger partial charge < -0.3 is 14.6 Å². The largest absolute Gasteiger partial charge is 0.469 e. The lowest BCUT2D eigenvalue weighted by Gasteiger charge is -2.42. The van der Waals surface area contributed by atoms with Crippen LogP contribution in [-0.2, 0) is 28.3 Å². The van der Waals surface area contributed by atoms with Gasteiger partial charge in [-0.15, -0.1) is 0 Å². The molecule has 4 rings (SSSR count). The number of piperazine rings is 1. The van der Waals surface area contributed by atoms with Crippen molar-refractivity contribution in [2.24, 2.45) is 0 Å². The number of fused-ring (bicyclic) bond motifs is 1. The Kier molecular flexibility index (Phi) is 8.24. The van der Waals surface area contributed by atoms with Gasteiger partial charge >= 0.3 is 18.3 Å². The average Bonchev–Trinajstić information content (AvgIpc) is 3.30. The molecule has 2 heterocycles. The number of hydrogen-bond acceptors (Lipinski definition) is 4. The van der Waals surface area contributed by atoms with Gasteiger partial charge in [0.1, 0.15) is 0 Å². The van der Waals surface area contributed by atoms with Crippen molar-refractivity contribution < 1.29 is 40.7 Å². The van der Waals surface area contributed by atoms with Gasteiger partial charge in [0.15, 0.2) is 0 Å². The predicted octanol–water partition coefficient (Wildman–Crippen LogP) is 5.53. The van der Waals surface area contributed by atoms with Gasteiger partial charge in [0.05, 0.1) is 18.2 Å². The molecule has 1 aromatic heterocycles. The van der Waals surface area contributed by atoms with E-state index in [9.17, 15) is 35.9 Å². The van der Waals surface area contributed by atoms with Crippen molar-refractivity contribution in [1.29, 1.82) is 0 Å². The van der Waals surface area contributed by atoms with Gasteiger partial charge in [0.2, 0.25) is 0 Å². The van der Waals surface area contributed by atoms with E-state index in [0.717, 1.165) is 16.5 Å². The molecule has 210 valence electrons. The van der Waals surface area contributed by atoms with E-state index in [1.807, 2.05) is 29.2 Å². The number of rotatable bonds is 7. The molecule has 1 amide bonds. The van der Waals surface area contributed by atoms with Crippen LogP contribution in [-0.4, -0.2) is 66.0 Å². The molecule has 1 unspecified atom stereocenters. The van der Waals surface area contributed by atoms with E-state index in [-0.39, 0.29) is 25.0 Å². The first-order valence-electron chi connectivity index (χ1n) is 12.3. The number of H-pyrrole nitrogens is 1. The number of nitrogens with one attached hydrogen (secondary N) is 1. The quantitative estimate of drug-likeness (QED) is 0.308. The van der Waals surface area contributed by atoms with Crippen LogP contribution in [0.1, 0.15) is 39.9 Å². The topological polar surface area (TPSA) is 65.6 Å². The van der Waals surface area contributed by atoms with Crippen molar-refractivity contribution in [3.8, 4) is 0 Å². The number of nitrogens with zero attached hydrogens (tertiary/aromatic N) is 2. The molecule has 39 heavy (non-hydrogen) atoms. The van der Waals surface area contributed by atoms with E-state index >= 15 is 0 Å². The summed E-state index contributed by atoms with van der Waals surface area (Å²) < 4.78 is 85.3.